The molecule has 1 unspecified atom stereocenters. The molecule has 1 atom stereocenters. The molecule has 1 aliphatic rings. The van der Waals surface area contributed by atoms with Crippen LogP contribution < -0.4 is 15.6 Å². The molecule has 5 heteroatoms. The zero-order chi connectivity index (χ0) is 19.1. The Labute approximate surface area is 160 Å². The second kappa shape index (κ2) is 9.21. The van der Waals surface area contributed by atoms with Gasteiger partial charge in [0.25, 0.3) is 5.91 Å². The van der Waals surface area contributed by atoms with Gasteiger partial charge in [0, 0.05) is 5.92 Å². The van der Waals surface area contributed by atoms with E-state index in [9.17, 15) is 9.59 Å². The lowest BCUT2D eigenvalue weighted by Gasteiger charge is -2.21. The van der Waals surface area contributed by atoms with E-state index in [1.54, 1.807) is 6.92 Å². The molecule has 3 rings (SSSR count). The minimum Gasteiger partial charge on any atom is -0.481 e. The largest absolute Gasteiger partial charge is 0.481 e. The summed E-state index contributed by atoms with van der Waals surface area (Å²) in [5.74, 6) is 0.130. The van der Waals surface area contributed by atoms with Crippen LogP contribution in [-0.4, -0.2) is 17.9 Å². The van der Waals surface area contributed by atoms with Crippen LogP contribution in [0, 0.1) is 5.92 Å². The molecule has 0 saturated heterocycles. The van der Waals surface area contributed by atoms with Crippen molar-refractivity contribution in [1.29, 1.82) is 0 Å². The summed E-state index contributed by atoms with van der Waals surface area (Å²) < 4.78 is 5.68. The summed E-state index contributed by atoms with van der Waals surface area (Å²) in [6, 6.07) is 17.7. The van der Waals surface area contributed by atoms with Crippen LogP contribution in [0.2, 0.25) is 0 Å². The Morgan fingerprint density at radius 2 is 1.52 bits per heavy atom. The number of nitrogens with one attached hydrogen (secondary N) is 2. The Balaban J connectivity index is 1.48. The molecule has 5 nitrogen and oxygen atoms in total. The second-order valence-electron chi connectivity index (χ2n) is 6.96. The SMILES string of the molecule is CC(Oc1ccc(-c2ccccc2)cc1)C(=O)NNC(=O)C1CCCCC1. The number of rotatable bonds is 5. The number of carbonyl (C=O) groups is 2. The number of benzene rings is 2. The lowest BCUT2D eigenvalue weighted by molar-refractivity contribution is -0.134. The highest BCUT2D eigenvalue weighted by Crippen LogP contribution is 2.24. The highest BCUT2D eigenvalue weighted by Gasteiger charge is 2.22. The highest BCUT2D eigenvalue weighted by atomic mass is 16.5. The van der Waals surface area contributed by atoms with Crippen molar-refractivity contribution in [3.05, 3.63) is 54.6 Å². The molecule has 0 radical (unpaired) electrons. The fraction of sp³-hybridized carbons (Fsp3) is 0.364. The number of hydrazine groups is 1. The highest BCUT2D eigenvalue weighted by molar-refractivity contribution is 5.85. The fourth-order valence-corrected chi connectivity index (χ4v) is 3.31. The number of hydrogen-bond acceptors (Lipinski definition) is 3. The summed E-state index contributed by atoms with van der Waals surface area (Å²) in [4.78, 5) is 24.3. The molecule has 2 aromatic rings. The van der Waals surface area contributed by atoms with Crippen LogP contribution in [0.25, 0.3) is 11.1 Å². The lowest BCUT2D eigenvalue weighted by atomic mass is 9.89. The van der Waals surface area contributed by atoms with E-state index in [0.717, 1.165) is 36.8 Å². The molecule has 0 spiro atoms. The lowest BCUT2D eigenvalue weighted by Crippen LogP contribution is -2.49. The van der Waals surface area contributed by atoms with Crippen LogP contribution >= 0.6 is 0 Å². The van der Waals surface area contributed by atoms with Crippen LogP contribution in [0.3, 0.4) is 0 Å². The predicted octanol–water partition coefficient (Wildman–Crippen LogP) is 3.85. The van der Waals surface area contributed by atoms with Crippen LogP contribution in [0.4, 0.5) is 0 Å². The normalized spacial score (nSPS) is 15.6. The first-order chi connectivity index (χ1) is 13.1. The first-order valence-corrected chi connectivity index (χ1v) is 9.55. The molecule has 2 aromatic carbocycles. The predicted molar refractivity (Wildman–Crippen MR) is 105 cm³/mol. The van der Waals surface area contributed by atoms with Crippen molar-refractivity contribution in [3.63, 3.8) is 0 Å². The zero-order valence-electron chi connectivity index (χ0n) is 15.6. The summed E-state index contributed by atoms with van der Waals surface area (Å²) in [5.41, 5.74) is 7.21. The summed E-state index contributed by atoms with van der Waals surface area (Å²) in [6.45, 7) is 1.66. The van der Waals surface area contributed by atoms with Gasteiger partial charge in [0.2, 0.25) is 5.91 Å². The minimum absolute atomic E-state index is 0.000746. The zero-order valence-corrected chi connectivity index (χ0v) is 15.6. The summed E-state index contributed by atoms with van der Waals surface area (Å²) in [6.07, 6.45) is 4.40. The van der Waals surface area contributed by atoms with E-state index in [1.165, 1.54) is 6.42 Å². The first-order valence-electron chi connectivity index (χ1n) is 9.55. The minimum atomic E-state index is -0.709. The monoisotopic (exact) mass is 366 g/mol. The average molecular weight is 366 g/mol. The Kier molecular flexibility index (Phi) is 6.47. The van der Waals surface area contributed by atoms with E-state index in [2.05, 4.69) is 10.9 Å². The van der Waals surface area contributed by atoms with Gasteiger partial charge in [0.05, 0.1) is 0 Å². The molecular formula is C22H26N2O3. The molecule has 0 bridgehead atoms. The van der Waals surface area contributed by atoms with Gasteiger partial charge in [-0.15, -0.1) is 0 Å². The van der Waals surface area contributed by atoms with Gasteiger partial charge in [-0.2, -0.15) is 0 Å². The van der Waals surface area contributed by atoms with Crippen molar-refractivity contribution >= 4 is 11.8 Å². The van der Waals surface area contributed by atoms with E-state index in [4.69, 9.17) is 4.74 Å². The topological polar surface area (TPSA) is 67.4 Å². The van der Waals surface area contributed by atoms with Crippen LogP contribution in [-0.2, 0) is 9.59 Å². The van der Waals surface area contributed by atoms with Crippen molar-refractivity contribution in [2.75, 3.05) is 0 Å². The Morgan fingerprint density at radius 3 is 2.19 bits per heavy atom. The number of hydrogen-bond donors (Lipinski definition) is 2. The van der Waals surface area contributed by atoms with Crippen molar-refractivity contribution in [2.24, 2.45) is 5.92 Å². The molecule has 1 aliphatic carbocycles. The molecule has 142 valence electrons. The van der Waals surface area contributed by atoms with Gasteiger partial charge in [-0.3, -0.25) is 20.4 Å². The fourth-order valence-electron chi connectivity index (χ4n) is 3.31. The third-order valence-corrected chi connectivity index (χ3v) is 4.93. The Bertz CT molecular complexity index is 753. The molecular weight excluding hydrogens is 340 g/mol. The standard InChI is InChI=1S/C22H26N2O3/c1-16(21(25)23-24-22(26)19-10-6-3-7-11-19)27-20-14-12-18(13-15-20)17-8-4-2-5-9-17/h2,4-5,8-9,12-16,19H,3,6-7,10-11H2,1H3,(H,23,25)(H,24,26). The molecule has 2 amide bonds. The van der Waals surface area contributed by atoms with Gasteiger partial charge in [0.1, 0.15) is 5.75 Å². The van der Waals surface area contributed by atoms with Crippen molar-refractivity contribution in [2.45, 2.75) is 45.1 Å². The van der Waals surface area contributed by atoms with E-state index in [-0.39, 0.29) is 17.7 Å². The van der Waals surface area contributed by atoms with Gasteiger partial charge in [-0.1, -0.05) is 61.7 Å². The molecule has 0 aliphatic heterocycles. The molecule has 27 heavy (non-hydrogen) atoms. The second-order valence-corrected chi connectivity index (χ2v) is 6.96. The third-order valence-electron chi connectivity index (χ3n) is 4.93. The molecule has 2 N–H and O–H groups in total. The van der Waals surface area contributed by atoms with Crippen molar-refractivity contribution in [3.8, 4) is 16.9 Å². The van der Waals surface area contributed by atoms with Gasteiger partial charge in [-0.05, 0) is 43.0 Å². The quantitative estimate of drug-likeness (QED) is 0.790. The summed E-state index contributed by atoms with van der Waals surface area (Å²) in [5, 5.41) is 0. The molecule has 1 saturated carbocycles. The average Bonchev–Trinajstić information content (AvgIpc) is 2.73. The van der Waals surface area contributed by atoms with Crippen LogP contribution in [0.1, 0.15) is 39.0 Å². The Morgan fingerprint density at radius 1 is 0.889 bits per heavy atom. The maximum absolute atomic E-state index is 12.2. The summed E-state index contributed by atoms with van der Waals surface area (Å²) in [7, 11) is 0. The number of amides is 2. The maximum atomic E-state index is 12.2. The number of ether oxygens (including phenoxy) is 1. The van der Waals surface area contributed by atoms with E-state index >= 15 is 0 Å². The smallest absolute Gasteiger partial charge is 0.279 e. The van der Waals surface area contributed by atoms with Gasteiger partial charge >= 0.3 is 0 Å². The van der Waals surface area contributed by atoms with Crippen molar-refractivity contribution < 1.29 is 14.3 Å². The van der Waals surface area contributed by atoms with Gasteiger partial charge < -0.3 is 4.74 Å². The van der Waals surface area contributed by atoms with Gasteiger partial charge in [-0.25, -0.2) is 0 Å². The third kappa shape index (κ3) is 5.33. The molecule has 0 aromatic heterocycles. The molecule has 0 heterocycles. The van der Waals surface area contributed by atoms with E-state index in [1.807, 2.05) is 54.6 Å². The molecule has 1 fully saturated rings. The first kappa shape index (κ1) is 19.0. The van der Waals surface area contributed by atoms with Crippen molar-refractivity contribution in [1.82, 2.24) is 10.9 Å². The number of carbonyl (C=O) groups excluding carboxylic acids is 2. The van der Waals surface area contributed by atoms with E-state index < -0.39 is 6.10 Å². The van der Waals surface area contributed by atoms with Crippen LogP contribution in [0.15, 0.2) is 54.6 Å². The Hall–Kier alpha value is -2.82. The van der Waals surface area contributed by atoms with Gasteiger partial charge in [0.15, 0.2) is 6.10 Å². The maximum Gasteiger partial charge on any atom is 0.279 e. The van der Waals surface area contributed by atoms with E-state index in [0.29, 0.717) is 5.75 Å². The summed E-state index contributed by atoms with van der Waals surface area (Å²) >= 11 is 0. The van der Waals surface area contributed by atoms with Crippen LogP contribution in [0.5, 0.6) is 5.75 Å².